The zero-order valence-electron chi connectivity index (χ0n) is 8.13. The molecule has 0 amide bonds. The number of ketones is 1. The van der Waals surface area contributed by atoms with Gasteiger partial charge in [0.2, 0.25) is 0 Å². The third-order valence-corrected chi connectivity index (χ3v) is 2.92. The van der Waals surface area contributed by atoms with Crippen LogP contribution in [-0.4, -0.2) is 17.3 Å². The number of Topliss-reactive ketones (excluding diaryl/α,β-unsaturated/α-hetero) is 1. The second-order valence-electron chi connectivity index (χ2n) is 2.96. The van der Waals surface area contributed by atoms with Crippen molar-refractivity contribution in [2.45, 2.75) is 13.3 Å². The van der Waals surface area contributed by atoms with Crippen molar-refractivity contribution in [3.8, 4) is 0 Å². The molecule has 0 aliphatic rings. The topological polar surface area (TPSA) is 17.1 Å². The van der Waals surface area contributed by atoms with Crippen LogP contribution in [0.5, 0.6) is 0 Å². The Morgan fingerprint density at radius 1 is 1.43 bits per heavy atom. The van der Waals surface area contributed by atoms with Crippen LogP contribution in [0.4, 0.5) is 4.39 Å². The molecule has 1 rings (SSSR count). The summed E-state index contributed by atoms with van der Waals surface area (Å²) in [6.45, 7) is 2.06. The zero-order valence-corrected chi connectivity index (χ0v) is 8.94. The molecule has 1 aromatic rings. The van der Waals surface area contributed by atoms with Crippen LogP contribution < -0.4 is 0 Å². The normalized spacial score (nSPS) is 10.1. The fraction of sp³-hybridized carbons (Fsp3) is 0.364. The minimum atomic E-state index is -0.422. The summed E-state index contributed by atoms with van der Waals surface area (Å²) in [6, 6.07) is 6.12. The first-order valence-corrected chi connectivity index (χ1v) is 5.76. The van der Waals surface area contributed by atoms with Gasteiger partial charge in [0.25, 0.3) is 0 Å². The Morgan fingerprint density at radius 3 is 2.79 bits per heavy atom. The molecular weight excluding hydrogens is 199 g/mol. The molecular formula is C11H13FOS. The average Bonchev–Trinajstić information content (AvgIpc) is 2.18. The number of carbonyl (C=O) groups excluding carboxylic acids is 1. The van der Waals surface area contributed by atoms with Gasteiger partial charge >= 0.3 is 0 Å². The fourth-order valence-electron chi connectivity index (χ4n) is 1.07. The molecule has 0 fully saturated rings. The molecule has 1 nitrogen and oxygen atoms in total. The Hall–Kier alpha value is -0.830. The van der Waals surface area contributed by atoms with Gasteiger partial charge in [0, 0.05) is 0 Å². The van der Waals surface area contributed by atoms with Crippen molar-refractivity contribution < 1.29 is 9.18 Å². The summed E-state index contributed by atoms with van der Waals surface area (Å²) in [5.74, 6) is 0.769. The van der Waals surface area contributed by atoms with Crippen LogP contribution in [0.1, 0.15) is 23.7 Å². The van der Waals surface area contributed by atoms with Gasteiger partial charge in [-0.2, -0.15) is 11.8 Å². The lowest BCUT2D eigenvalue weighted by Crippen LogP contribution is -2.05. The molecule has 0 saturated carbocycles. The summed E-state index contributed by atoms with van der Waals surface area (Å²) >= 11 is 1.55. The van der Waals surface area contributed by atoms with Gasteiger partial charge in [-0.15, -0.1) is 0 Å². The standard InChI is InChI=1S/C11H13FOS/c1-2-7-14-8-11(13)9-5-3-4-6-10(9)12/h3-6H,2,7-8H2,1H3. The maximum Gasteiger partial charge on any atom is 0.175 e. The summed E-state index contributed by atoms with van der Waals surface area (Å²) in [4.78, 5) is 11.5. The van der Waals surface area contributed by atoms with E-state index in [-0.39, 0.29) is 11.3 Å². The Bertz CT molecular complexity index is 312. The highest BCUT2D eigenvalue weighted by molar-refractivity contribution is 7.99. The van der Waals surface area contributed by atoms with E-state index in [1.165, 1.54) is 12.1 Å². The monoisotopic (exact) mass is 212 g/mol. The number of benzene rings is 1. The van der Waals surface area contributed by atoms with E-state index < -0.39 is 5.82 Å². The van der Waals surface area contributed by atoms with Crippen molar-refractivity contribution in [2.24, 2.45) is 0 Å². The smallest absolute Gasteiger partial charge is 0.175 e. The van der Waals surface area contributed by atoms with Crippen LogP contribution in [0.2, 0.25) is 0 Å². The average molecular weight is 212 g/mol. The van der Waals surface area contributed by atoms with Crippen molar-refractivity contribution >= 4 is 17.5 Å². The van der Waals surface area contributed by atoms with Gasteiger partial charge in [0.1, 0.15) is 5.82 Å². The molecule has 14 heavy (non-hydrogen) atoms. The Kier molecular flexibility index (Phi) is 4.66. The van der Waals surface area contributed by atoms with Crippen LogP contribution in [0.3, 0.4) is 0 Å². The molecule has 76 valence electrons. The second-order valence-corrected chi connectivity index (χ2v) is 4.06. The number of halogens is 1. The highest BCUT2D eigenvalue weighted by atomic mass is 32.2. The van der Waals surface area contributed by atoms with Crippen molar-refractivity contribution in [2.75, 3.05) is 11.5 Å². The van der Waals surface area contributed by atoms with Crippen LogP contribution >= 0.6 is 11.8 Å². The van der Waals surface area contributed by atoms with E-state index in [2.05, 4.69) is 6.92 Å². The van der Waals surface area contributed by atoms with Crippen LogP contribution in [0, 0.1) is 5.82 Å². The second kappa shape index (κ2) is 5.81. The summed E-state index contributed by atoms with van der Waals surface area (Å²) in [6.07, 6.45) is 1.04. The largest absolute Gasteiger partial charge is 0.293 e. The van der Waals surface area contributed by atoms with Gasteiger partial charge in [-0.25, -0.2) is 4.39 Å². The minimum absolute atomic E-state index is 0.124. The third kappa shape index (κ3) is 3.14. The summed E-state index contributed by atoms with van der Waals surface area (Å²) in [5.41, 5.74) is 0.205. The molecule has 0 heterocycles. The molecule has 0 aliphatic carbocycles. The van der Waals surface area contributed by atoms with Crippen molar-refractivity contribution in [3.63, 3.8) is 0 Å². The molecule has 0 saturated heterocycles. The van der Waals surface area contributed by atoms with Gasteiger partial charge in [-0.1, -0.05) is 19.1 Å². The van der Waals surface area contributed by atoms with E-state index in [1.807, 2.05) is 0 Å². The van der Waals surface area contributed by atoms with Gasteiger partial charge in [0.15, 0.2) is 5.78 Å². The molecule has 1 aromatic carbocycles. The first kappa shape index (κ1) is 11.2. The fourth-order valence-corrected chi connectivity index (χ4v) is 1.85. The van der Waals surface area contributed by atoms with E-state index in [0.29, 0.717) is 5.75 Å². The number of hydrogen-bond donors (Lipinski definition) is 0. The molecule has 0 radical (unpaired) electrons. The highest BCUT2D eigenvalue weighted by Crippen LogP contribution is 2.11. The van der Waals surface area contributed by atoms with E-state index in [1.54, 1.807) is 23.9 Å². The van der Waals surface area contributed by atoms with Crippen LogP contribution in [-0.2, 0) is 0 Å². The first-order valence-electron chi connectivity index (χ1n) is 4.61. The number of thioether (sulfide) groups is 1. The number of rotatable bonds is 5. The van der Waals surface area contributed by atoms with E-state index >= 15 is 0 Å². The van der Waals surface area contributed by atoms with Crippen molar-refractivity contribution in [1.29, 1.82) is 0 Å². The molecule has 0 unspecified atom stereocenters. The quantitative estimate of drug-likeness (QED) is 0.551. The molecule has 0 N–H and O–H groups in total. The van der Waals surface area contributed by atoms with Gasteiger partial charge in [0.05, 0.1) is 11.3 Å². The summed E-state index contributed by atoms with van der Waals surface area (Å²) in [7, 11) is 0. The zero-order chi connectivity index (χ0) is 10.4. The SMILES string of the molecule is CCCSCC(=O)c1ccccc1F. The molecule has 0 aliphatic heterocycles. The Morgan fingerprint density at radius 2 is 2.14 bits per heavy atom. The highest BCUT2D eigenvalue weighted by Gasteiger charge is 2.09. The predicted octanol–water partition coefficient (Wildman–Crippen LogP) is 3.15. The molecule has 0 spiro atoms. The molecule has 3 heteroatoms. The Labute approximate surface area is 87.7 Å². The molecule has 0 bridgehead atoms. The maximum absolute atomic E-state index is 13.1. The molecule has 0 atom stereocenters. The maximum atomic E-state index is 13.1. The Balaban J connectivity index is 2.56. The van der Waals surface area contributed by atoms with Gasteiger partial charge in [-0.05, 0) is 24.3 Å². The van der Waals surface area contributed by atoms with Crippen molar-refractivity contribution in [1.82, 2.24) is 0 Å². The third-order valence-electron chi connectivity index (χ3n) is 1.76. The lowest BCUT2D eigenvalue weighted by atomic mass is 10.1. The van der Waals surface area contributed by atoms with Crippen LogP contribution in [0.15, 0.2) is 24.3 Å². The molecule has 0 aromatic heterocycles. The van der Waals surface area contributed by atoms with Gasteiger partial charge < -0.3 is 0 Å². The lowest BCUT2D eigenvalue weighted by molar-refractivity contribution is 0.101. The van der Waals surface area contributed by atoms with Crippen LogP contribution in [0.25, 0.3) is 0 Å². The van der Waals surface area contributed by atoms with E-state index in [0.717, 1.165) is 12.2 Å². The summed E-state index contributed by atoms with van der Waals surface area (Å²) < 4.78 is 13.1. The number of hydrogen-bond acceptors (Lipinski definition) is 2. The minimum Gasteiger partial charge on any atom is -0.293 e. The van der Waals surface area contributed by atoms with Crippen molar-refractivity contribution in [3.05, 3.63) is 35.6 Å². The van der Waals surface area contributed by atoms with E-state index in [4.69, 9.17) is 0 Å². The van der Waals surface area contributed by atoms with Gasteiger partial charge in [-0.3, -0.25) is 4.79 Å². The first-order chi connectivity index (χ1) is 6.75. The lowest BCUT2D eigenvalue weighted by Gasteiger charge is -2.01. The summed E-state index contributed by atoms with van der Waals surface area (Å²) in [5, 5.41) is 0. The number of carbonyl (C=O) groups is 1. The predicted molar refractivity (Wildman–Crippen MR) is 58.3 cm³/mol. The van der Waals surface area contributed by atoms with E-state index in [9.17, 15) is 9.18 Å².